The van der Waals surface area contributed by atoms with Crippen LogP contribution in [-0.4, -0.2) is 61.1 Å². The number of nitrogens with zero attached hydrogens (tertiary/aromatic N) is 4. The van der Waals surface area contributed by atoms with Gasteiger partial charge < -0.3 is 15.4 Å². The van der Waals surface area contributed by atoms with Crippen LogP contribution >= 0.6 is 24.0 Å². The molecular weight excluding hydrogens is 531 g/mol. The Morgan fingerprint density at radius 1 is 1.35 bits per heavy atom. The van der Waals surface area contributed by atoms with Crippen molar-refractivity contribution < 1.29 is 13.2 Å². The van der Waals surface area contributed by atoms with Gasteiger partial charge in [-0.25, -0.2) is 18.1 Å². The molecule has 0 radical (unpaired) electrons. The van der Waals surface area contributed by atoms with E-state index in [1.165, 1.54) is 0 Å². The number of nitrogens with one attached hydrogen (secondary N) is 2. The van der Waals surface area contributed by atoms with Crippen LogP contribution in [0.2, 0.25) is 0 Å². The number of hydrogen-bond acceptors (Lipinski definition) is 6. The highest BCUT2D eigenvalue weighted by Crippen LogP contribution is 2.14. The topological polar surface area (TPSA) is 110 Å². The Morgan fingerprint density at radius 2 is 2.10 bits per heavy atom. The molecule has 1 aliphatic heterocycles. The maximum atomic E-state index is 12.7. The second kappa shape index (κ2) is 11.8. The van der Waals surface area contributed by atoms with Gasteiger partial charge in [0, 0.05) is 32.7 Å². The first-order valence-electron chi connectivity index (χ1n) is 10.1. The molecule has 2 heterocycles. The molecule has 0 amide bonds. The highest BCUT2D eigenvalue weighted by atomic mass is 127. The highest BCUT2D eigenvalue weighted by Gasteiger charge is 2.24. The number of fused-ring (bicyclic) bond motifs is 1. The van der Waals surface area contributed by atoms with Gasteiger partial charge in [-0.2, -0.15) is 5.10 Å². The Kier molecular flexibility index (Phi) is 9.69. The summed E-state index contributed by atoms with van der Waals surface area (Å²) in [6.45, 7) is 3.03. The lowest BCUT2D eigenvalue weighted by Gasteiger charge is -2.27. The van der Waals surface area contributed by atoms with E-state index in [1.54, 1.807) is 38.4 Å². The number of rotatable bonds is 8. The molecule has 9 nitrogen and oxygen atoms in total. The van der Waals surface area contributed by atoms with Gasteiger partial charge in [0.15, 0.2) is 21.6 Å². The van der Waals surface area contributed by atoms with Gasteiger partial charge in [0.1, 0.15) is 12.4 Å². The fourth-order valence-electron chi connectivity index (χ4n) is 3.48. The molecule has 2 aromatic rings. The highest BCUT2D eigenvalue weighted by molar-refractivity contribution is 14.0. The molecule has 3 rings (SSSR count). The van der Waals surface area contributed by atoms with E-state index in [9.17, 15) is 8.42 Å². The van der Waals surface area contributed by atoms with Crippen LogP contribution in [0.15, 0.2) is 40.2 Å². The van der Waals surface area contributed by atoms with Gasteiger partial charge in [-0.05, 0) is 25.0 Å². The predicted molar refractivity (Wildman–Crippen MR) is 130 cm³/mol. The molecule has 172 valence electrons. The summed E-state index contributed by atoms with van der Waals surface area (Å²) in [4.78, 5) is 9.13. The summed E-state index contributed by atoms with van der Waals surface area (Å²) in [6.07, 6.45) is 2.36. The lowest BCUT2D eigenvalue weighted by molar-refractivity contribution is 0.177. The number of sulfone groups is 1. The summed E-state index contributed by atoms with van der Waals surface area (Å²) in [5, 5.41) is 11.2. The standard InChI is InChI=1S/C20H30N6O3S.HI/c1-4-15(14-30(27,28)17-8-6-5-7-9-17)22-20(21-2)23-16-10-11-19-24-18(13-29-3)25-26(19)12-16;/h5-9,15-16H,4,10-14H2,1-3H3,(H2,21,22,23);1H. The van der Waals surface area contributed by atoms with Crippen LogP contribution in [0.4, 0.5) is 0 Å². The average Bonchev–Trinajstić information content (AvgIpc) is 3.15. The molecule has 0 bridgehead atoms. The molecule has 2 unspecified atom stereocenters. The van der Waals surface area contributed by atoms with E-state index in [2.05, 4.69) is 25.7 Å². The molecule has 0 spiro atoms. The summed E-state index contributed by atoms with van der Waals surface area (Å²) in [6, 6.07) is 8.42. The molecule has 2 atom stereocenters. The fraction of sp³-hybridized carbons (Fsp3) is 0.550. The van der Waals surface area contributed by atoms with Gasteiger partial charge in [0.25, 0.3) is 0 Å². The molecule has 1 aliphatic rings. The van der Waals surface area contributed by atoms with Gasteiger partial charge in [-0.3, -0.25) is 4.99 Å². The van der Waals surface area contributed by atoms with Gasteiger partial charge in [0.2, 0.25) is 0 Å². The minimum absolute atomic E-state index is 0. The summed E-state index contributed by atoms with van der Waals surface area (Å²) >= 11 is 0. The van der Waals surface area contributed by atoms with Gasteiger partial charge in [-0.15, -0.1) is 24.0 Å². The van der Waals surface area contributed by atoms with E-state index in [-0.39, 0.29) is 41.8 Å². The molecule has 0 fully saturated rings. The van der Waals surface area contributed by atoms with E-state index < -0.39 is 9.84 Å². The average molecular weight is 562 g/mol. The van der Waals surface area contributed by atoms with Gasteiger partial charge >= 0.3 is 0 Å². The lowest BCUT2D eigenvalue weighted by Crippen LogP contribution is -2.51. The maximum absolute atomic E-state index is 12.7. The summed E-state index contributed by atoms with van der Waals surface area (Å²) in [7, 11) is -0.0649. The first-order chi connectivity index (χ1) is 14.4. The number of aliphatic imine (C=N–C) groups is 1. The molecule has 31 heavy (non-hydrogen) atoms. The molecular formula is C20H31IN6O3S. The Bertz CT molecular complexity index is 965. The third kappa shape index (κ3) is 6.88. The van der Waals surface area contributed by atoms with Crippen LogP contribution in [0.3, 0.4) is 0 Å². The zero-order valence-electron chi connectivity index (χ0n) is 18.1. The Morgan fingerprint density at radius 3 is 2.74 bits per heavy atom. The summed E-state index contributed by atoms with van der Waals surface area (Å²) < 4.78 is 32.5. The van der Waals surface area contributed by atoms with Gasteiger partial charge in [-0.1, -0.05) is 25.1 Å². The number of hydrogen-bond donors (Lipinski definition) is 2. The normalized spacial score (nSPS) is 17.4. The number of benzene rings is 1. The molecule has 1 aromatic heterocycles. The lowest BCUT2D eigenvalue weighted by atomic mass is 10.1. The molecule has 0 aliphatic carbocycles. The third-order valence-corrected chi connectivity index (χ3v) is 6.93. The largest absolute Gasteiger partial charge is 0.377 e. The van der Waals surface area contributed by atoms with E-state index in [1.807, 2.05) is 17.7 Å². The van der Waals surface area contributed by atoms with Crippen LogP contribution in [-0.2, 0) is 34.1 Å². The molecule has 2 N–H and O–H groups in total. The first kappa shape index (κ1) is 25.5. The van der Waals surface area contributed by atoms with Crippen LogP contribution < -0.4 is 10.6 Å². The van der Waals surface area contributed by atoms with Gasteiger partial charge in [0.05, 0.1) is 17.2 Å². The molecule has 11 heteroatoms. The molecule has 0 saturated heterocycles. The van der Waals surface area contributed by atoms with Crippen LogP contribution in [0, 0.1) is 0 Å². The van der Waals surface area contributed by atoms with E-state index >= 15 is 0 Å². The number of ether oxygens (including phenoxy) is 1. The summed E-state index contributed by atoms with van der Waals surface area (Å²) in [5.74, 6) is 2.25. The SMILES string of the molecule is CCC(CS(=O)(=O)c1ccccc1)NC(=NC)NC1CCc2nc(COC)nn2C1.I. The van der Waals surface area contributed by atoms with Crippen molar-refractivity contribution in [3.8, 4) is 0 Å². The van der Waals surface area contributed by atoms with Crippen molar-refractivity contribution in [1.29, 1.82) is 0 Å². The predicted octanol–water partition coefficient (Wildman–Crippen LogP) is 1.77. The Labute approximate surface area is 201 Å². The first-order valence-corrected chi connectivity index (χ1v) is 11.8. The van der Waals surface area contributed by atoms with Crippen molar-refractivity contribution in [3.63, 3.8) is 0 Å². The maximum Gasteiger partial charge on any atom is 0.191 e. The second-order valence-electron chi connectivity index (χ2n) is 7.36. The Balaban J connectivity index is 0.00000341. The molecule has 0 saturated carbocycles. The minimum atomic E-state index is -3.38. The van der Waals surface area contributed by atoms with E-state index in [4.69, 9.17) is 4.74 Å². The van der Waals surface area contributed by atoms with Crippen molar-refractivity contribution in [1.82, 2.24) is 25.4 Å². The zero-order chi connectivity index (χ0) is 21.6. The zero-order valence-corrected chi connectivity index (χ0v) is 21.3. The van der Waals surface area contributed by atoms with Crippen LogP contribution in [0.5, 0.6) is 0 Å². The number of methoxy groups -OCH3 is 1. The van der Waals surface area contributed by atoms with Crippen molar-refractivity contribution >= 4 is 39.8 Å². The monoisotopic (exact) mass is 562 g/mol. The van der Waals surface area contributed by atoms with E-state index in [0.717, 1.165) is 18.7 Å². The summed E-state index contributed by atoms with van der Waals surface area (Å²) in [5.41, 5.74) is 0. The van der Waals surface area contributed by atoms with Crippen molar-refractivity contribution in [2.24, 2.45) is 4.99 Å². The number of aromatic nitrogens is 3. The smallest absolute Gasteiger partial charge is 0.191 e. The van der Waals surface area contributed by atoms with Crippen molar-refractivity contribution in [3.05, 3.63) is 42.0 Å². The number of halogens is 1. The van der Waals surface area contributed by atoms with Crippen LogP contribution in [0.1, 0.15) is 31.4 Å². The minimum Gasteiger partial charge on any atom is -0.377 e. The van der Waals surface area contributed by atoms with Crippen LogP contribution in [0.25, 0.3) is 0 Å². The van der Waals surface area contributed by atoms with E-state index in [0.29, 0.717) is 36.3 Å². The number of guanidine groups is 1. The third-order valence-electron chi connectivity index (χ3n) is 5.10. The fourth-order valence-corrected chi connectivity index (χ4v) is 5.09. The Hall–Kier alpha value is -1.73. The van der Waals surface area contributed by atoms with Crippen molar-refractivity contribution in [2.75, 3.05) is 19.9 Å². The number of aryl methyl sites for hydroxylation is 1. The quantitative estimate of drug-likeness (QED) is 0.287. The van der Waals surface area contributed by atoms with Crippen molar-refractivity contribution in [2.45, 2.75) is 56.3 Å². The second-order valence-corrected chi connectivity index (χ2v) is 9.39. The molecule has 1 aromatic carbocycles.